The van der Waals surface area contributed by atoms with E-state index < -0.39 is 0 Å². The molecule has 1 fully saturated rings. The highest BCUT2D eigenvalue weighted by Crippen LogP contribution is 2.36. The Morgan fingerprint density at radius 3 is 2.26 bits per heavy atom. The summed E-state index contributed by atoms with van der Waals surface area (Å²) in [6, 6.07) is 9.18. The van der Waals surface area contributed by atoms with Crippen molar-refractivity contribution >= 4 is 29.7 Å². The van der Waals surface area contributed by atoms with Crippen LogP contribution < -0.4 is 25.1 Å². The van der Waals surface area contributed by atoms with Crippen LogP contribution in [0.25, 0.3) is 0 Å². The van der Waals surface area contributed by atoms with Crippen LogP contribution in [0.1, 0.15) is 24.8 Å². The molecule has 11 heteroatoms. The summed E-state index contributed by atoms with van der Waals surface area (Å²) < 4.78 is 23.6. The number of aromatic nitrogens is 3. The van der Waals surface area contributed by atoms with E-state index in [1.165, 1.54) is 39.0 Å². The molecule has 0 aliphatic carbocycles. The molecule has 3 N–H and O–H groups in total. The van der Waals surface area contributed by atoms with E-state index in [1.54, 1.807) is 24.3 Å². The molecule has 10 nitrogen and oxygen atoms in total. The summed E-state index contributed by atoms with van der Waals surface area (Å²) >= 11 is 0. The summed E-state index contributed by atoms with van der Waals surface area (Å²) in [5, 5.41) is 17.4. The minimum atomic E-state index is -0.325. The lowest BCUT2D eigenvalue weighted by atomic mass is 10.1. The third-order valence-electron chi connectivity index (χ3n) is 5.24. The number of aromatic hydroxyl groups is 1. The number of nitrogens with zero attached hydrogens (tertiary/aromatic N) is 5. The standard InChI is InChI=1S/C23H26FN7O3/c1-33-18-12-15(13-19(34-2)20(18)32)14-25-30-22-27-21(26-17-8-6-16(24)7-9-17)28-23(29-22)31-10-4-3-5-11-31/h6-9,12-14,32H,3-5,10-11H2,1-2H3,(H2,26,27,28,29,30)/b25-14-. The number of piperidine rings is 1. The maximum absolute atomic E-state index is 13.3. The first kappa shape index (κ1) is 23.0. The Balaban J connectivity index is 1.58. The fourth-order valence-electron chi connectivity index (χ4n) is 3.52. The van der Waals surface area contributed by atoms with E-state index in [0.717, 1.165) is 25.9 Å². The van der Waals surface area contributed by atoms with Crippen molar-refractivity contribution in [1.82, 2.24) is 15.0 Å². The topological polar surface area (TPSA) is 117 Å². The van der Waals surface area contributed by atoms with Gasteiger partial charge in [0.1, 0.15) is 5.82 Å². The molecule has 0 unspecified atom stereocenters. The number of ether oxygens (including phenoxy) is 2. The molecule has 2 aromatic carbocycles. The second kappa shape index (κ2) is 10.6. The fourth-order valence-corrected chi connectivity index (χ4v) is 3.52. The van der Waals surface area contributed by atoms with Gasteiger partial charge in [-0.25, -0.2) is 9.82 Å². The quantitative estimate of drug-likeness (QED) is 0.335. The number of hydrazone groups is 1. The van der Waals surface area contributed by atoms with Gasteiger partial charge in [0.25, 0.3) is 0 Å². The van der Waals surface area contributed by atoms with Crippen LogP contribution in [0.15, 0.2) is 41.5 Å². The summed E-state index contributed by atoms with van der Waals surface area (Å²) in [6.07, 6.45) is 4.84. The van der Waals surface area contributed by atoms with Crippen LogP contribution in [0.5, 0.6) is 17.2 Å². The Hall–Kier alpha value is -4.15. The average molecular weight is 468 g/mol. The highest BCUT2D eigenvalue weighted by atomic mass is 19.1. The second-order valence-electron chi connectivity index (χ2n) is 7.61. The molecule has 3 aromatic rings. The lowest BCUT2D eigenvalue weighted by Crippen LogP contribution is -2.31. The molecule has 34 heavy (non-hydrogen) atoms. The number of methoxy groups -OCH3 is 2. The summed E-state index contributed by atoms with van der Waals surface area (Å²) in [5.41, 5.74) is 4.12. The number of nitrogens with one attached hydrogen (secondary N) is 2. The number of phenols is 1. The van der Waals surface area contributed by atoms with Crippen molar-refractivity contribution in [3.63, 3.8) is 0 Å². The number of halogens is 1. The molecule has 1 saturated heterocycles. The van der Waals surface area contributed by atoms with E-state index in [4.69, 9.17) is 9.47 Å². The second-order valence-corrected chi connectivity index (χ2v) is 7.61. The molecule has 1 aromatic heterocycles. The Labute approximate surface area is 196 Å². The van der Waals surface area contributed by atoms with Gasteiger partial charge in [-0.05, 0) is 55.7 Å². The van der Waals surface area contributed by atoms with Gasteiger partial charge in [-0.15, -0.1) is 0 Å². The molecule has 178 valence electrons. The van der Waals surface area contributed by atoms with Crippen LogP contribution in [-0.2, 0) is 0 Å². The van der Waals surface area contributed by atoms with Gasteiger partial charge in [0, 0.05) is 24.3 Å². The molecular formula is C23H26FN7O3. The van der Waals surface area contributed by atoms with Gasteiger partial charge in [0.05, 0.1) is 20.4 Å². The van der Waals surface area contributed by atoms with Crippen LogP contribution in [-0.4, -0.2) is 53.6 Å². The molecule has 0 saturated carbocycles. The zero-order valence-corrected chi connectivity index (χ0v) is 19.0. The van der Waals surface area contributed by atoms with Crippen molar-refractivity contribution < 1.29 is 19.0 Å². The molecule has 0 bridgehead atoms. The summed E-state index contributed by atoms with van der Waals surface area (Å²) in [5.74, 6) is 1.20. The van der Waals surface area contributed by atoms with E-state index >= 15 is 0 Å². The first-order valence-corrected chi connectivity index (χ1v) is 10.8. The molecule has 0 atom stereocenters. The molecule has 1 aliphatic heterocycles. The van der Waals surface area contributed by atoms with Gasteiger partial charge in [0.15, 0.2) is 11.5 Å². The number of anilines is 4. The van der Waals surface area contributed by atoms with Crippen molar-refractivity contribution in [3.8, 4) is 17.2 Å². The van der Waals surface area contributed by atoms with Crippen LogP contribution in [0.3, 0.4) is 0 Å². The van der Waals surface area contributed by atoms with Crippen molar-refractivity contribution in [1.29, 1.82) is 0 Å². The number of hydrogen-bond donors (Lipinski definition) is 3. The van der Waals surface area contributed by atoms with Crippen molar-refractivity contribution in [3.05, 3.63) is 47.8 Å². The Morgan fingerprint density at radius 1 is 0.971 bits per heavy atom. The smallest absolute Gasteiger partial charge is 0.250 e. The van der Waals surface area contributed by atoms with Crippen molar-refractivity contribution in [2.24, 2.45) is 5.10 Å². The van der Waals surface area contributed by atoms with Gasteiger partial charge >= 0.3 is 0 Å². The number of hydrogen-bond acceptors (Lipinski definition) is 10. The Bertz CT molecular complexity index is 1130. The lowest BCUT2D eigenvalue weighted by molar-refractivity contribution is 0.340. The molecule has 0 radical (unpaired) electrons. The Morgan fingerprint density at radius 2 is 1.62 bits per heavy atom. The number of benzene rings is 2. The van der Waals surface area contributed by atoms with E-state index in [-0.39, 0.29) is 29.0 Å². The molecule has 2 heterocycles. The first-order chi connectivity index (χ1) is 16.6. The van der Waals surface area contributed by atoms with Gasteiger partial charge < -0.3 is 24.8 Å². The molecule has 0 amide bonds. The van der Waals surface area contributed by atoms with Gasteiger partial charge in [-0.3, -0.25) is 0 Å². The van der Waals surface area contributed by atoms with Gasteiger partial charge in [-0.1, -0.05) is 0 Å². The van der Waals surface area contributed by atoms with Gasteiger partial charge in [0.2, 0.25) is 23.6 Å². The minimum absolute atomic E-state index is 0.0877. The number of phenolic OH excluding ortho intramolecular Hbond substituents is 1. The average Bonchev–Trinajstić information content (AvgIpc) is 2.86. The van der Waals surface area contributed by atoms with Crippen LogP contribution >= 0.6 is 0 Å². The lowest BCUT2D eigenvalue weighted by Gasteiger charge is -2.26. The van der Waals surface area contributed by atoms with Crippen molar-refractivity contribution in [2.75, 3.05) is 43.0 Å². The van der Waals surface area contributed by atoms with E-state index in [1.807, 2.05) is 0 Å². The van der Waals surface area contributed by atoms with Crippen molar-refractivity contribution in [2.45, 2.75) is 19.3 Å². The SMILES string of the molecule is COc1cc(/C=N\Nc2nc(Nc3ccc(F)cc3)nc(N3CCCCC3)n2)cc(OC)c1O. The summed E-state index contributed by atoms with van der Waals surface area (Å²) in [4.78, 5) is 15.6. The fraction of sp³-hybridized carbons (Fsp3) is 0.304. The predicted molar refractivity (Wildman–Crippen MR) is 128 cm³/mol. The minimum Gasteiger partial charge on any atom is -0.502 e. The summed E-state index contributed by atoms with van der Waals surface area (Å²) in [6.45, 7) is 1.71. The largest absolute Gasteiger partial charge is 0.502 e. The van der Waals surface area contributed by atoms with Gasteiger partial charge in [-0.2, -0.15) is 20.1 Å². The molecular weight excluding hydrogens is 441 g/mol. The zero-order valence-electron chi connectivity index (χ0n) is 19.0. The maximum atomic E-state index is 13.3. The van der Waals surface area contributed by atoms with Crippen LogP contribution in [0.4, 0.5) is 27.9 Å². The van der Waals surface area contributed by atoms with E-state index in [2.05, 4.69) is 35.7 Å². The van der Waals surface area contributed by atoms with Crippen LogP contribution in [0, 0.1) is 5.82 Å². The monoisotopic (exact) mass is 467 g/mol. The predicted octanol–water partition coefficient (Wildman–Crippen LogP) is 3.91. The summed E-state index contributed by atoms with van der Waals surface area (Å²) in [7, 11) is 2.91. The molecule has 4 rings (SSSR count). The zero-order chi connectivity index (χ0) is 23.9. The highest BCUT2D eigenvalue weighted by Gasteiger charge is 2.16. The van der Waals surface area contributed by atoms with Crippen LogP contribution in [0.2, 0.25) is 0 Å². The number of rotatable bonds is 8. The maximum Gasteiger partial charge on any atom is 0.250 e. The third-order valence-corrected chi connectivity index (χ3v) is 5.24. The van der Waals surface area contributed by atoms with E-state index in [0.29, 0.717) is 23.1 Å². The highest BCUT2D eigenvalue weighted by molar-refractivity contribution is 5.82. The molecule has 1 aliphatic rings. The first-order valence-electron chi connectivity index (χ1n) is 10.8. The van der Waals surface area contributed by atoms with E-state index in [9.17, 15) is 9.50 Å². The normalized spacial score (nSPS) is 13.7. The third kappa shape index (κ3) is 5.61. The molecule has 0 spiro atoms. The Kier molecular flexibility index (Phi) is 7.21.